The quantitative estimate of drug-likeness (QED) is 0.333. The molecule has 0 bridgehead atoms. The van der Waals surface area contributed by atoms with E-state index in [1.165, 1.54) is 0 Å². The van der Waals surface area contributed by atoms with E-state index in [-0.39, 0.29) is 0 Å². The van der Waals surface area contributed by atoms with Crippen molar-refractivity contribution in [1.82, 2.24) is 0 Å². The number of thiol groups is 2. The van der Waals surface area contributed by atoms with Crippen molar-refractivity contribution < 1.29 is 0 Å². The van der Waals surface area contributed by atoms with Crippen LogP contribution in [0.1, 0.15) is 0 Å². The molecule has 44 valence electrons. The van der Waals surface area contributed by atoms with Crippen LogP contribution < -0.4 is 0 Å². The lowest BCUT2D eigenvalue weighted by Gasteiger charge is -2.11. The van der Waals surface area contributed by atoms with E-state index in [1.807, 2.05) is 0 Å². The van der Waals surface area contributed by atoms with Gasteiger partial charge in [0.2, 0.25) is 3.79 Å². The maximum atomic E-state index is 5.25. The summed E-state index contributed by atoms with van der Waals surface area (Å²) < 4.78 is -1.87. The van der Waals surface area contributed by atoms with E-state index in [9.17, 15) is 0 Å². The van der Waals surface area contributed by atoms with Crippen LogP contribution in [0, 0.1) is 0 Å². The molecule has 0 aromatic rings. The van der Waals surface area contributed by atoms with E-state index < -0.39 is 8.37 Å². The van der Waals surface area contributed by atoms with Crippen molar-refractivity contribution in [2.45, 2.75) is 8.37 Å². The molecule has 5 heteroatoms. The van der Waals surface area contributed by atoms with Crippen LogP contribution in [-0.4, -0.2) is 8.37 Å². The average Bonchev–Trinajstić information content (AvgIpc) is 1.31. The number of hydrogen-bond donors (Lipinski definition) is 2. The number of hydrogen-bond acceptors (Lipinski definition) is 2. The van der Waals surface area contributed by atoms with Crippen LogP contribution in [-0.2, 0) is 0 Å². The smallest absolute Gasteiger partial charge is 0.161 e. The maximum absolute atomic E-state index is 5.25. The van der Waals surface area contributed by atoms with Crippen molar-refractivity contribution in [1.29, 1.82) is 0 Å². The van der Waals surface area contributed by atoms with E-state index in [2.05, 4.69) is 25.3 Å². The van der Waals surface area contributed by atoms with Crippen molar-refractivity contribution >= 4 is 60.1 Å². The lowest BCUT2D eigenvalue weighted by atomic mass is 10.9. The molecule has 0 unspecified atom stereocenters. The van der Waals surface area contributed by atoms with Crippen molar-refractivity contribution in [3.05, 3.63) is 0 Å². The first-order valence-corrected chi connectivity index (χ1v) is 3.54. The zero-order valence-electron chi connectivity index (χ0n) is 3.11. The number of halogens is 3. The predicted octanol–water partition coefficient (Wildman–Crippen LogP) is 2.54. The molecule has 0 saturated heterocycles. The monoisotopic (exact) mass is 196 g/mol. The summed E-state index contributed by atoms with van der Waals surface area (Å²) in [6, 6.07) is 0. The Kier molecular flexibility index (Phi) is 3.58. The molecular formula is C2H3Cl3S2. The Bertz CT molecular complexity index is 56.4. The van der Waals surface area contributed by atoms with E-state index >= 15 is 0 Å². The molecular weight excluding hydrogens is 195 g/mol. The fourth-order valence-electron chi connectivity index (χ4n) is 0. The summed E-state index contributed by atoms with van der Waals surface area (Å²) in [6.45, 7) is 0. The second-order valence-corrected chi connectivity index (χ2v) is 4.72. The van der Waals surface area contributed by atoms with E-state index in [1.54, 1.807) is 0 Å². The topological polar surface area (TPSA) is 0 Å². The Morgan fingerprint density at radius 2 is 1.29 bits per heavy atom. The molecule has 0 aliphatic rings. The van der Waals surface area contributed by atoms with Crippen molar-refractivity contribution in [3.8, 4) is 0 Å². The van der Waals surface area contributed by atoms with E-state index in [4.69, 9.17) is 34.8 Å². The highest BCUT2D eigenvalue weighted by atomic mass is 35.6. The van der Waals surface area contributed by atoms with Gasteiger partial charge in [0.25, 0.3) is 0 Å². The van der Waals surface area contributed by atoms with E-state index in [0.29, 0.717) is 0 Å². The van der Waals surface area contributed by atoms with Gasteiger partial charge in [0.1, 0.15) is 0 Å². The number of alkyl halides is 3. The fraction of sp³-hybridized carbons (Fsp3) is 1.00. The van der Waals surface area contributed by atoms with Gasteiger partial charge >= 0.3 is 0 Å². The van der Waals surface area contributed by atoms with Crippen LogP contribution in [0.5, 0.6) is 0 Å². The van der Waals surface area contributed by atoms with Crippen LogP contribution in [0.25, 0.3) is 0 Å². The minimum absolute atomic E-state index is 0.516. The Morgan fingerprint density at radius 3 is 1.29 bits per heavy atom. The summed E-state index contributed by atoms with van der Waals surface area (Å²) in [5, 5.41) is 0. The molecule has 0 fully saturated rings. The fourth-order valence-corrected chi connectivity index (χ4v) is 0. The average molecular weight is 198 g/mol. The molecule has 0 nitrogen and oxygen atoms in total. The Balaban J connectivity index is 3.54. The zero-order valence-corrected chi connectivity index (χ0v) is 7.16. The summed E-state index contributed by atoms with van der Waals surface area (Å²) in [5.41, 5.74) is 0. The van der Waals surface area contributed by atoms with Crippen molar-refractivity contribution in [3.63, 3.8) is 0 Å². The molecule has 0 heterocycles. The van der Waals surface area contributed by atoms with Gasteiger partial charge in [-0.05, 0) is 0 Å². The molecule has 0 aromatic carbocycles. The van der Waals surface area contributed by atoms with Crippen molar-refractivity contribution in [2.24, 2.45) is 0 Å². The minimum atomic E-state index is -1.35. The second-order valence-electron chi connectivity index (χ2n) is 0.915. The molecule has 0 amide bonds. The van der Waals surface area contributed by atoms with Crippen LogP contribution >= 0.6 is 60.1 Å². The minimum Gasteiger partial charge on any atom is -0.161 e. The molecule has 0 radical (unpaired) electrons. The third-order valence-electron chi connectivity index (χ3n) is 0.293. The number of rotatable bonds is 0. The second kappa shape index (κ2) is 2.92. The molecule has 0 saturated carbocycles. The third-order valence-corrected chi connectivity index (χ3v) is 2.63. The van der Waals surface area contributed by atoms with Gasteiger partial charge in [-0.1, -0.05) is 34.8 Å². The van der Waals surface area contributed by atoms with Crippen molar-refractivity contribution in [2.75, 3.05) is 0 Å². The highest BCUT2D eigenvalue weighted by Gasteiger charge is 2.25. The summed E-state index contributed by atoms with van der Waals surface area (Å²) in [5.74, 6) is 0. The zero-order chi connectivity index (χ0) is 6.08. The maximum Gasteiger partial charge on any atom is 0.210 e. The third kappa shape index (κ3) is 4.10. The molecule has 0 rings (SSSR count). The van der Waals surface area contributed by atoms with Crippen LogP contribution in [0.3, 0.4) is 0 Å². The van der Waals surface area contributed by atoms with Gasteiger partial charge in [0, 0.05) is 0 Å². The lowest BCUT2D eigenvalue weighted by molar-refractivity contribution is 1.24. The van der Waals surface area contributed by atoms with Crippen LogP contribution in [0.2, 0.25) is 0 Å². The van der Waals surface area contributed by atoms with Crippen LogP contribution in [0.15, 0.2) is 0 Å². The first kappa shape index (κ1) is 8.57. The molecule has 0 spiro atoms. The SMILES string of the molecule is SC(S)C(Cl)(Cl)Cl. The lowest BCUT2D eigenvalue weighted by Crippen LogP contribution is -2.12. The highest BCUT2D eigenvalue weighted by Crippen LogP contribution is 2.35. The van der Waals surface area contributed by atoms with Gasteiger partial charge in [0.15, 0.2) is 0 Å². The van der Waals surface area contributed by atoms with Gasteiger partial charge in [-0.15, -0.1) is 0 Å². The van der Waals surface area contributed by atoms with Gasteiger partial charge < -0.3 is 0 Å². The first-order chi connectivity index (χ1) is 2.94. The summed E-state index contributed by atoms with van der Waals surface area (Å²) in [7, 11) is 0. The largest absolute Gasteiger partial charge is 0.210 e. The van der Waals surface area contributed by atoms with Gasteiger partial charge in [-0.3, -0.25) is 0 Å². The van der Waals surface area contributed by atoms with Gasteiger partial charge in [0.05, 0.1) is 4.58 Å². The molecule has 0 aromatic heterocycles. The Morgan fingerprint density at radius 1 is 1.14 bits per heavy atom. The standard InChI is InChI=1S/C2H3Cl3S2/c3-2(4,5)1(6)7/h1,6-7H. The molecule has 0 aliphatic carbocycles. The summed E-state index contributed by atoms with van der Waals surface area (Å²) >= 11 is 23.2. The Labute approximate surface area is 68.3 Å². The molecule has 7 heavy (non-hydrogen) atoms. The molecule has 0 N–H and O–H groups in total. The molecule has 0 aliphatic heterocycles. The first-order valence-electron chi connectivity index (χ1n) is 1.37. The summed E-state index contributed by atoms with van der Waals surface area (Å²) in [4.78, 5) is 0. The van der Waals surface area contributed by atoms with E-state index in [0.717, 1.165) is 0 Å². The predicted molar refractivity (Wildman–Crippen MR) is 42.1 cm³/mol. The van der Waals surface area contributed by atoms with Gasteiger partial charge in [-0.25, -0.2) is 0 Å². The Hall–Kier alpha value is 1.57. The summed E-state index contributed by atoms with van der Waals surface area (Å²) in [6.07, 6.45) is 0. The normalized spacial score (nSPS) is 12.9. The highest BCUT2D eigenvalue weighted by molar-refractivity contribution is 7.99. The van der Waals surface area contributed by atoms with Gasteiger partial charge in [-0.2, -0.15) is 25.3 Å². The van der Waals surface area contributed by atoms with Crippen LogP contribution in [0.4, 0.5) is 0 Å². The molecule has 0 atom stereocenters.